The summed E-state index contributed by atoms with van der Waals surface area (Å²) in [5.41, 5.74) is -0.508. The topological polar surface area (TPSA) is 42.4 Å². The summed E-state index contributed by atoms with van der Waals surface area (Å²) >= 11 is 0. The molecule has 106 valence electrons. The molecule has 2 rings (SSSR count). The number of rotatable bonds is 3. The van der Waals surface area contributed by atoms with Crippen LogP contribution in [-0.2, 0) is 6.61 Å². The van der Waals surface area contributed by atoms with Crippen LogP contribution in [0, 0.1) is 5.82 Å². The number of halogens is 4. The van der Waals surface area contributed by atoms with Crippen LogP contribution in [0.25, 0.3) is 11.3 Å². The van der Waals surface area contributed by atoms with Gasteiger partial charge in [-0.05, 0) is 18.2 Å². The Kier molecular flexibility index (Phi) is 3.89. The van der Waals surface area contributed by atoms with Gasteiger partial charge in [-0.3, -0.25) is 4.98 Å². The lowest BCUT2D eigenvalue weighted by Gasteiger charge is -2.13. The molecule has 0 radical (unpaired) electrons. The number of aliphatic hydroxyl groups is 1. The third kappa shape index (κ3) is 3.05. The van der Waals surface area contributed by atoms with E-state index in [2.05, 4.69) is 9.72 Å². The van der Waals surface area contributed by atoms with E-state index < -0.39 is 24.5 Å². The van der Waals surface area contributed by atoms with E-state index in [4.69, 9.17) is 5.11 Å². The van der Waals surface area contributed by atoms with Gasteiger partial charge in [-0.2, -0.15) is 0 Å². The van der Waals surface area contributed by atoms with E-state index in [9.17, 15) is 17.6 Å². The standard InChI is InChI=1S/C13H9F4NO2/c14-11-8(7-19)5-6-18-12(11)9-3-1-2-4-10(9)20-13(15,16)17/h1-6,19H,7H2. The molecule has 0 saturated carbocycles. The first-order chi connectivity index (χ1) is 9.42. The molecule has 0 amide bonds. The number of ether oxygens (including phenoxy) is 1. The van der Waals surface area contributed by atoms with Gasteiger partial charge in [-0.1, -0.05) is 12.1 Å². The van der Waals surface area contributed by atoms with Gasteiger partial charge < -0.3 is 9.84 Å². The number of benzene rings is 1. The van der Waals surface area contributed by atoms with Gasteiger partial charge in [0.1, 0.15) is 11.4 Å². The van der Waals surface area contributed by atoms with Crippen LogP contribution >= 0.6 is 0 Å². The molecule has 0 spiro atoms. The van der Waals surface area contributed by atoms with Crippen molar-refractivity contribution >= 4 is 0 Å². The fourth-order valence-electron chi connectivity index (χ4n) is 1.67. The van der Waals surface area contributed by atoms with Gasteiger partial charge in [0.2, 0.25) is 0 Å². The minimum Gasteiger partial charge on any atom is -0.405 e. The third-order valence-corrected chi connectivity index (χ3v) is 2.51. The molecule has 0 unspecified atom stereocenters. The Bertz CT molecular complexity index is 614. The summed E-state index contributed by atoms with van der Waals surface area (Å²) in [6.45, 7) is -0.580. The maximum atomic E-state index is 14.0. The average molecular weight is 287 g/mol. The Morgan fingerprint density at radius 3 is 2.50 bits per heavy atom. The summed E-state index contributed by atoms with van der Waals surface area (Å²) in [4.78, 5) is 3.71. The van der Waals surface area contributed by atoms with E-state index in [1.165, 1.54) is 30.5 Å². The number of hydrogen-bond donors (Lipinski definition) is 1. The minimum atomic E-state index is -4.89. The van der Waals surface area contributed by atoms with Crippen molar-refractivity contribution in [3.05, 3.63) is 47.9 Å². The Balaban J connectivity index is 2.53. The molecular formula is C13H9F4NO2. The molecule has 2 aromatic rings. The predicted octanol–water partition coefficient (Wildman–Crippen LogP) is 3.28. The molecule has 1 N–H and O–H groups in total. The van der Waals surface area contributed by atoms with Crippen molar-refractivity contribution < 1.29 is 27.4 Å². The highest BCUT2D eigenvalue weighted by Gasteiger charge is 2.32. The molecule has 20 heavy (non-hydrogen) atoms. The largest absolute Gasteiger partial charge is 0.573 e. The van der Waals surface area contributed by atoms with E-state index in [-0.39, 0.29) is 16.8 Å². The molecule has 3 nitrogen and oxygen atoms in total. The second-order valence-corrected chi connectivity index (χ2v) is 3.83. The highest BCUT2D eigenvalue weighted by molar-refractivity contribution is 5.68. The normalized spacial score (nSPS) is 11.4. The fourth-order valence-corrected chi connectivity index (χ4v) is 1.67. The zero-order valence-corrected chi connectivity index (χ0v) is 9.99. The van der Waals surface area contributed by atoms with Crippen molar-refractivity contribution in [1.82, 2.24) is 4.98 Å². The van der Waals surface area contributed by atoms with Crippen molar-refractivity contribution in [1.29, 1.82) is 0 Å². The molecule has 7 heteroatoms. The van der Waals surface area contributed by atoms with Gasteiger partial charge >= 0.3 is 6.36 Å². The van der Waals surface area contributed by atoms with Crippen molar-refractivity contribution in [2.24, 2.45) is 0 Å². The summed E-state index contributed by atoms with van der Waals surface area (Å²) in [7, 11) is 0. The molecule has 0 atom stereocenters. The second-order valence-electron chi connectivity index (χ2n) is 3.83. The van der Waals surface area contributed by atoms with Crippen molar-refractivity contribution in [2.75, 3.05) is 0 Å². The predicted molar refractivity (Wildman–Crippen MR) is 62.2 cm³/mol. The first-order valence-corrected chi connectivity index (χ1v) is 5.52. The van der Waals surface area contributed by atoms with E-state index >= 15 is 0 Å². The lowest BCUT2D eigenvalue weighted by molar-refractivity contribution is -0.274. The Hall–Kier alpha value is -2.15. The zero-order valence-electron chi connectivity index (χ0n) is 9.99. The van der Waals surface area contributed by atoms with Gasteiger partial charge in [0.15, 0.2) is 5.82 Å². The number of alkyl halides is 3. The van der Waals surface area contributed by atoms with Crippen LogP contribution in [0.4, 0.5) is 17.6 Å². The molecule has 0 fully saturated rings. The van der Waals surface area contributed by atoms with E-state index in [1.807, 2.05) is 0 Å². The van der Waals surface area contributed by atoms with Crippen LogP contribution in [0.3, 0.4) is 0 Å². The summed E-state index contributed by atoms with van der Waals surface area (Å²) in [6.07, 6.45) is -3.69. The molecule has 1 aromatic heterocycles. The van der Waals surface area contributed by atoms with Crippen LogP contribution in [0.1, 0.15) is 5.56 Å². The first kappa shape index (κ1) is 14.3. The van der Waals surface area contributed by atoms with E-state index in [1.54, 1.807) is 0 Å². The number of para-hydroxylation sites is 1. The smallest absolute Gasteiger partial charge is 0.405 e. The molecule has 0 aliphatic heterocycles. The third-order valence-electron chi connectivity index (χ3n) is 2.51. The lowest BCUT2D eigenvalue weighted by atomic mass is 10.1. The number of aliphatic hydroxyl groups excluding tert-OH is 1. The van der Waals surface area contributed by atoms with Gasteiger partial charge in [-0.15, -0.1) is 13.2 Å². The number of hydrogen-bond acceptors (Lipinski definition) is 3. The zero-order chi connectivity index (χ0) is 14.8. The molecule has 1 aromatic carbocycles. The second kappa shape index (κ2) is 5.46. The van der Waals surface area contributed by atoms with Crippen molar-refractivity contribution in [3.63, 3.8) is 0 Å². The Morgan fingerprint density at radius 1 is 1.15 bits per heavy atom. The lowest BCUT2D eigenvalue weighted by Crippen LogP contribution is -2.17. The minimum absolute atomic E-state index is 0.0585. The molecular weight excluding hydrogens is 278 g/mol. The maximum Gasteiger partial charge on any atom is 0.573 e. The Labute approximate surface area is 111 Å². The quantitative estimate of drug-likeness (QED) is 0.881. The monoisotopic (exact) mass is 287 g/mol. The SMILES string of the molecule is OCc1ccnc(-c2ccccc2OC(F)(F)F)c1F. The van der Waals surface area contributed by atoms with Crippen LogP contribution < -0.4 is 4.74 Å². The average Bonchev–Trinajstić information content (AvgIpc) is 2.38. The van der Waals surface area contributed by atoms with Gasteiger partial charge in [0.05, 0.1) is 6.61 Å². The van der Waals surface area contributed by atoms with Crippen molar-refractivity contribution in [3.8, 4) is 17.0 Å². The highest BCUT2D eigenvalue weighted by Crippen LogP contribution is 2.34. The van der Waals surface area contributed by atoms with E-state index in [0.29, 0.717) is 0 Å². The summed E-state index contributed by atoms with van der Waals surface area (Å²) < 4.78 is 54.8. The molecule has 0 bridgehead atoms. The number of pyridine rings is 1. The number of aromatic nitrogens is 1. The van der Waals surface area contributed by atoms with E-state index in [0.717, 1.165) is 6.07 Å². The first-order valence-electron chi connectivity index (χ1n) is 5.52. The highest BCUT2D eigenvalue weighted by atomic mass is 19.4. The Morgan fingerprint density at radius 2 is 1.85 bits per heavy atom. The van der Waals surface area contributed by atoms with Crippen LogP contribution in [0.2, 0.25) is 0 Å². The fraction of sp³-hybridized carbons (Fsp3) is 0.154. The van der Waals surface area contributed by atoms with Gasteiger partial charge in [0.25, 0.3) is 0 Å². The van der Waals surface area contributed by atoms with Crippen molar-refractivity contribution in [2.45, 2.75) is 13.0 Å². The summed E-state index contributed by atoms with van der Waals surface area (Å²) in [5, 5.41) is 8.97. The molecule has 1 heterocycles. The summed E-state index contributed by atoms with van der Waals surface area (Å²) in [6, 6.07) is 6.33. The molecule has 0 saturated heterocycles. The van der Waals surface area contributed by atoms with Gasteiger partial charge in [-0.25, -0.2) is 4.39 Å². The van der Waals surface area contributed by atoms with Crippen LogP contribution in [0.5, 0.6) is 5.75 Å². The van der Waals surface area contributed by atoms with Gasteiger partial charge in [0, 0.05) is 17.3 Å². The maximum absolute atomic E-state index is 14.0. The number of nitrogens with zero attached hydrogens (tertiary/aromatic N) is 1. The van der Waals surface area contributed by atoms with Crippen LogP contribution in [0.15, 0.2) is 36.5 Å². The summed E-state index contributed by atoms with van der Waals surface area (Å²) in [5.74, 6) is -1.44. The molecule has 0 aliphatic carbocycles. The molecule has 0 aliphatic rings. The van der Waals surface area contributed by atoms with Crippen LogP contribution in [-0.4, -0.2) is 16.5 Å².